The number of carbonyl (C=O) groups excluding carboxylic acids is 1. The number of benzene rings is 3. The zero-order chi connectivity index (χ0) is 23.4. The number of hydrogen-bond donors (Lipinski definition) is 1. The molecular weight excluding hydrogens is 434 g/mol. The predicted molar refractivity (Wildman–Crippen MR) is 132 cm³/mol. The number of aromatic nitrogens is 1. The molecule has 4 rings (SSSR count). The Bertz CT molecular complexity index is 1400. The van der Waals surface area contributed by atoms with Crippen LogP contribution in [-0.4, -0.2) is 17.6 Å². The Labute approximate surface area is 197 Å². The molecule has 0 saturated carbocycles. The Morgan fingerprint density at radius 1 is 1.12 bits per heavy atom. The second-order valence-electron chi connectivity index (χ2n) is 7.58. The van der Waals surface area contributed by atoms with Crippen molar-refractivity contribution in [2.45, 2.75) is 13.5 Å². The Kier molecular flexibility index (Phi) is 6.48. The number of amides is 1. The lowest BCUT2D eigenvalue weighted by Gasteiger charge is -2.09. The van der Waals surface area contributed by atoms with Crippen molar-refractivity contribution in [3.63, 3.8) is 0 Å². The lowest BCUT2D eigenvalue weighted by atomic mass is 10.1. The van der Waals surface area contributed by atoms with Gasteiger partial charge in [-0.1, -0.05) is 48.0 Å². The van der Waals surface area contributed by atoms with Crippen LogP contribution in [0.15, 0.2) is 78.4 Å². The minimum absolute atomic E-state index is 0.0234. The van der Waals surface area contributed by atoms with Gasteiger partial charge in [-0.15, -0.1) is 0 Å². The van der Waals surface area contributed by atoms with Gasteiger partial charge in [-0.05, 0) is 48.9 Å². The molecule has 0 bridgehead atoms. The molecule has 0 unspecified atom stereocenters. The van der Waals surface area contributed by atoms with E-state index in [2.05, 4.69) is 16.0 Å². The quantitative estimate of drug-likeness (QED) is 0.278. The van der Waals surface area contributed by atoms with E-state index in [-0.39, 0.29) is 5.57 Å². The number of ether oxygens (including phenoxy) is 1. The van der Waals surface area contributed by atoms with Gasteiger partial charge >= 0.3 is 0 Å². The van der Waals surface area contributed by atoms with Gasteiger partial charge in [-0.3, -0.25) is 4.79 Å². The Hall–Kier alpha value is -4.01. The molecule has 0 saturated heterocycles. The number of methoxy groups -OCH3 is 1. The van der Waals surface area contributed by atoms with Crippen molar-refractivity contribution in [2.24, 2.45) is 0 Å². The number of nitriles is 1. The maximum atomic E-state index is 12.9. The van der Waals surface area contributed by atoms with Gasteiger partial charge in [0.15, 0.2) is 0 Å². The highest BCUT2D eigenvalue weighted by molar-refractivity contribution is 6.30. The minimum atomic E-state index is -0.473. The standard InChI is InChI=1S/C27H22ClN3O2/c1-18-25(14-20(16-29)27(32)30-22-6-5-7-23(15-22)33-2)24-8-3-4-9-26(24)31(18)17-19-10-12-21(28)13-11-19/h3-15H,17H2,1-2H3,(H,30,32). The normalized spacial score (nSPS) is 11.3. The van der Waals surface area contributed by atoms with E-state index in [4.69, 9.17) is 16.3 Å². The van der Waals surface area contributed by atoms with E-state index < -0.39 is 5.91 Å². The molecule has 33 heavy (non-hydrogen) atoms. The summed E-state index contributed by atoms with van der Waals surface area (Å²) in [7, 11) is 1.56. The first-order chi connectivity index (χ1) is 16.0. The van der Waals surface area contributed by atoms with Crippen molar-refractivity contribution < 1.29 is 9.53 Å². The molecular formula is C27H22ClN3O2. The highest BCUT2D eigenvalue weighted by atomic mass is 35.5. The molecule has 0 aliphatic carbocycles. The first kappa shape index (κ1) is 22.2. The van der Waals surface area contributed by atoms with Crippen LogP contribution in [0.4, 0.5) is 5.69 Å². The van der Waals surface area contributed by atoms with E-state index in [0.717, 1.165) is 27.7 Å². The van der Waals surface area contributed by atoms with Crippen molar-refractivity contribution in [2.75, 3.05) is 12.4 Å². The summed E-state index contributed by atoms with van der Waals surface area (Å²) in [4.78, 5) is 12.9. The van der Waals surface area contributed by atoms with Gasteiger partial charge in [-0.25, -0.2) is 0 Å². The molecule has 0 fully saturated rings. The van der Waals surface area contributed by atoms with Crippen LogP contribution in [0.2, 0.25) is 5.02 Å². The average Bonchev–Trinajstić information content (AvgIpc) is 3.09. The van der Waals surface area contributed by atoms with Gasteiger partial charge in [0.25, 0.3) is 5.91 Å². The highest BCUT2D eigenvalue weighted by Gasteiger charge is 2.16. The summed E-state index contributed by atoms with van der Waals surface area (Å²) in [6.45, 7) is 2.64. The summed E-state index contributed by atoms with van der Waals surface area (Å²) in [5.41, 5.74) is 4.53. The zero-order valence-electron chi connectivity index (χ0n) is 18.3. The van der Waals surface area contributed by atoms with Crippen LogP contribution < -0.4 is 10.1 Å². The van der Waals surface area contributed by atoms with Crippen molar-refractivity contribution in [1.29, 1.82) is 5.26 Å². The maximum absolute atomic E-state index is 12.9. The SMILES string of the molecule is COc1cccc(NC(=O)C(C#N)=Cc2c(C)n(Cc3ccc(Cl)cc3)c3ccccc23)c1. The average molecular weight is 456 g/mol. The fraction of sp³-hybridized carbons (Fsp3) is 0.111. The molecule has 4 aromatic rings. The largest absolute Gasteiger partial charge is 0.497 e. The van der Waals surface area contributed by atoms with Gasteiger partial charge in [0, 0.05) is 45.5 Å². The van der Waals surface area contributed by atoms with E-state index in [1.165, 1.54) is 0 Å². The predicted octanol–water partition coefficient (Wildman–Crippen LogP) is 6.21. The molecule has 3 aromatic carbocycles. The monoisotopic (exact) mass is 455 g/mol. The molecule has 0 aliphatic rings. The lowest BCUT2D eigenvalue weighted by Crippen LogP contribution is -2.13. The molecule has 5 nitrogen and oxygen atoms in total. The van der Waals surface area contributed by atoms with E-state index in [1.807, 2.05) is 55.5 Å². The Balaban J connectivity index is 1.72. The van der Waals surface area contributed by atoms with Crippen LogP contribution in [0.3, 0.4) is 0 Å². The smallest absolute Gasteiger partial charge is 0.266 e. The third kappa shape index (κ3) is 4.77. The summed E-state index contributed by atoms with van der Waals surface area (Å²) in [5.74, 6) is 0.149. The fourth-order valence-electron chi connectivity index (χ4n) is 3.81. The fourth-order valence-corrected chi connectivity index (χ4v) is 3.93. The topological polar surface area (TPSA) is 67.0 Å². The van der Waals surface area contributed by atoms with Crippen LogP contribution >= 0.6 is 11.6 Å². The first-order valence-electron chi connectivity index (χ1n) is 10.4. The van der Waals surface area contributed by atoms with Crippen LogP contribution in [-0.2, 0) is 11.3 Å². The second kappa shape index (κ2) is 9.64. The molecule has 0 radical (unpaired) electrons. The van der Waals surface area contributed by atoms with E-state index in [9.17, 15) is 10.1 Å². The summed E-state index contributed by atoms with van der Waals surface area (Å²) in [6, 6.07) is 24.8. The van der Waals surface area contributed by atoms with Crippen molar-refractivity contribution in [3.8, 4) is 11.8 Å². The van der Waals surface area contributed by atoms with Gasteiger partial charge in [0.1, 0.15) is 17.4 Å². The highest BCUT2D eigenvalue weighted by Crippen LogP contribution is 2.29. The van der Waals surface area contributed by atoms with Crippen molar-refractivity contribution >= 4 is 40.2 Å². The van der Waals surface area contributed by atoms with Crippen LogP contribution in [0.25, 0.3) is 17.0 Å². The molecule has 0 aliphatic heterocycles. The summed E-state index contributed by atoms with van der Waals surface area (Å²) >= 11 is 6.03. The first-order valence-corrected chi connectivity index (χ1v) is 10.8. The minimum Gasteiger partial charge on any atom is -0.497 e. The second-order valence-corrected chi connectivity index (χ2v) is 8.02. The molecule has 0 spiro atoms. The summed E-state index contributed by atoms with van der Waals surface area (Å²) in [5, 5.41) is 14.2. The Morgan fingerprint density at radius 3 is 2.61 bits per heavy atom. The summed E-state index contributed by atoms with van der Waals surface area (Å²) in [6.07, 6.45) is 1.66. The number of carbonyl (C=O) groups is 1. The third-order valence-corrected chi connectivity index (χ3v) is 5.77. The Morgan fingerprint density at radius 2 is 1.88 bits per heavy atom. The van der Waals surface area contributed by atoms with E-state index >= 15 is 0 Å². The maximum Gasteiger partial charge on any atom is 0.266 e. The number of hydrogen-bond acceptors (Lipinski definition) is 3. The zero-order valence-corrected chi connectivity index (χ0v) is 19.1. The number of anilines is 1. The number of rotatable bonds is 6. The van der Waals surface area contributed by atoms with Crippen LogP contribution in [0.1, 0.15) is 16.8 Å². The number of fused-ring (bicyclic) bond motifs is 1. The molecule has 1 heterocycles. The molecule has 1 amide bonds. The van der Waals surface area contributed by atoms with Crippen molar-refractivity contribution in [1.82, 2.24) is 4.57 Å². The summed E-state index contributed by atoms with van der Waals surface area (Å²) < 4.78 is 7.38. The third-order valence-electron chi connectivity index (χ3n) is 5.51. The lowest BCUT2D eigenvalue weighted by molar-refractivity contribution is -0.112. The molecule has 164 valence electrons. The molecule has 6 heteroatoms. The number of halogens is 1. The number of nitrogens with zero attached hydrogens (tertiary/aromatic N) is 2. The van der Waals surface area contributed by atoms with Crippen LogP contribution in [0.5, 0.6) is 5.75 Å². The van der Waals surface area contributed by atoms with Gasteiger partial charge in [-0.2, -0.15) is 5.26 Å². The van der Waals surface area contributed by atoms with Crippen molar-refractivity contribution in [3.05, 3.63) is 100 Å². The van der Waals surface area contributed by atoms with Gasteiger partial charge in [0.05, 0.1) is 7.11 Å². The molecule has 0 atom stereocenters. The number of nitrogens with one attached hydrogen (secondary N) is 1. The van der Waals surface area contributed by atoms with Gasteiger partial charge in [0.2, 0.25) is 0 Å². The molecule has 1 aromatic heterocycles. The van der Waals surface area contributed by atoms with Crippen LogP contribution in [0, 0.1) is 18.3 Å². The van der Waals surface area contributed by atoms with Gasteiger partial charge < -0.3 is 14.6 Å². The molecule has 1 N–H and O–H groups in total. The van der Waals surface area contributed by atoms with E-state index in [0.29, 0.717) is 23.0 Å². The number of para-hydroxylation sites is 1. The van der Waals surface area contributed by atoms with E-state index in [1.54, 1.807) is 37.5 Å².